The molecule has 1 aromatic rings. The molecule has 0 aromatic carbocycles. The van der Waals surface area contributed by atoms with Gasteiger partial charge in [0.2, 0.25) is 10.0 Å². The Morgan fingerprint density at radius 1 is 1.33 bits per heavy atom. The van der Waals surface area contributed by atoms with Crippen molar-refractivity contribution in [2.24, 2.45) is 18.4 Å². The van der Waals surface area contributed by atoms with Gasteiger partial charge in [0.25, 0.3) is 0 Å². The average Bonchev–Trinajstić information content (AvgIpc) is 2.74. The van der Waals surface area contributed by atoms with Crippen molar-refractivity contribution in [2.75, 3.05) is 13.1 Å². The third-order valence-corrected chi connectivity index (χ3v) is 5.40. The van der Waals surface area contributed by atoms with Crippen LogP contribution in [0.1, 0.15) is 40.3 Å². The molecule has 0 aliphatic carbocycles. The lowest BCUT2D eigenvalue weighted by molar-refractivity contribution is 0.263. The van der Waals surface area contributed by atoms with E-state index in [4.69, 9.17) is 0 Å². The summed E-state index contributed by atoms with van der Waals surface area (Å²) in [4.78, 5) is 0.332. The Hall–Kier alpha value is -0.850. The fourth-order valence-corrected chi connectivity index (χ4v) is 3.00. The highest BCUT2D eigenvalue weighted by atomic mass is 32.2. The largest absolute Gasteiger partial charge is 0.352 e. The summed E-state index contributed by atoms with van der Waals surface area (Å²) in [5, 5.41) is 3.20. The number of hydrogen-bond donors (Lipinski definition) is 2. The predicted octanol–water partition coefficient (Wildman–Crippen LogP) is 2.10. The van der Waals surface area contributed by atoms with Gasteiger partial charge in [0, 0.05) is 32.0 Å². The molecule has 1 atom stereocenters. The van der Waals surface area contributed by atoms with Crippen LogP contribution in [0, 0.1) is 11.3 Å². The fourth-order valence-electron chi connectivity index (χ4n) is 1.78. The van der Waals surface area contributed by atoms with Crippen LogP contribution in [-0.4, -0.2) is 26.1 Å². The van der Waals surface area contributed by atoms with Gasteiger partial charge in [0.1, 0.15) is 0 Å². The number of nitrogens with zero attached hydrogens (tertiary/aromatic N) is 1. The van der Waals surface area contributed by atoms with Crippen molar-refractivity contribution in [3.63, 3.8) is 0 Å². The lowest BCUT2D eigenvalue weighted by atomic mass is 9.82. The van der Waals surface area contributed by atoms with Gasteiger partial charge in [0.05, 0.1) is 4.90 Å². The van der Waals surface area contributed by atoms with Crippen molar-refractivity contribution >= 4 is 10.0 Å². The Labute approximate surface area is 129 Å². The van der Waals surface area contributed by atoms with Gasteiger partial charge in [-0.25, -0.2) is 13.1 Å². The molecule has 6 heteroatoms. The molecular formula is C15H29N3O2S. The third-order valence-electron chi connectivity index (χ3n) is 4.01. The zero-order chi connectivity index (χ0) is 16.3. The normalized spacial score (nSPS) is 14.4. The fraction of sp³-hybridized carbons (Fsp3) is 0.733. The first-order valence-corrected chi connectivity index (χ1v) is 8.92. The molecule has 0 bridgehead atoms. The van der Waals surface area contributed by atoms with Gasteiger partial charge in [-0.15, -0.1) is 0 Å². The van der Waals surface area contributed by atoms with Crippen molar-refractivity contribution in [1.82, 2.24) is 14.6 Å². The molecule has 0 fully saturated rings. The van der Waals surface area contributed by atoms with Gasteiger partial charge in [-0.2, -0.15) is 0 Å². The van der Waals surface area contributed by atoms with E-state index in [1.165, 1.54) is 0 Å². The second kappa shape index (κ2) is 6.94. The third kappa shape index (κ3) is 5.13. The molecule has 1 unspecified atom stereocenters. The summed E-state index contributed by atoms with van der Waals surface area (Å²) in [6, 6.07) is 1.73. The Kier molecular flexibility index (Phi) is 6.01. The molecule has 1 rings (SSSR count). The zero-order valence-electron chi connectivity index (χ0n) is 14.0. The molecule has 0 amide bonds. The lowest BCUT2D eigenvalue weighted by Crippen LogP contribution is -2.33. The molecule has 1 aromatic heterocycles. The van der Waals surface area contributed by atoms with E-state index >= 15 is 0 Å². The summed E-state index contributed by atoms with van der Waals surface area (Å²) in [6.07, 6.45) is 1.66. The van der Waals surface area contributed by atoms with E-state index in [-0.39, 0.29) is 11.3 Å². The summed E-state index contributed by atoms with van der Waals surface area (Å²) in [6.45, 7) is 12.4. The molecule has 0 spiro atoms. The van der Waals surface area contributed by atoms with Crippen LogP contribution >= 0.6 is 0 Å². The number of rotatable bonds is 7. The Balaban J connectivity index is 2.79. The van der Waals surface area contributed by atoms with Crippen LogP contribution in [-0.2, 0) is 23.6 Å². The molecule has 1 heterocycles. The molecule has 5 nitrogen and oxygen atoms in total. The summed E-state index contributed by atoms with van der Waals surface area (Å²) < 4.78 is 29.3. The first kappa shape index (κ1) is 18.2. The minimum absolute atomic E-state index is 0.0788. The minimum Gasteiger partial charge on any atom is -0.352 e. The SMILES string of the molecule is CCNCc1cc(S(=O)(=O)NCC(C)C(C)(C)C)cn1C. The summed E-state index contributed by atoms with van der Waals surface area (Å²) in [5.74, 6) is 0.261. The highest BCUT2D eigenvalue weighted by Gasteiger charge is 2.23. The predicted molar refractivity (Wildman–Crippen MR) is 86.6 cm³/mol. The van der Waals surface area contributed by atoms with Gasteiger partial charge >= 0.3 is 0 Å². The number of aryl methyl sites for hydroxylation is 1. The first-order valence-electron chi connectivity index (χ1n) is 7.43. The maximum atomic E-state index is 12.4. The minimum atomic E-state index is -3.44. The quantitative estimate of drug-likeness (QED) is 0.810. The van der Waals surface area contributed by atoms with Crippen molar-refractivity contribution in [3.8, 4) is 0 Å². The molecule has 0 radical (unpaired) electrons. The van der Waals surface area contributed by atoms with E-state index < -0.39 is 10.0 Å². The monoisotopic (exact) mass is 315 g/mol. The number of sulfonamides is 1. The van der Waals surface area contributed by atoms with Crippen molar-refractivity contribution < 1.29 is 8.42 Å². The van der Waals surface area contributed by atoms with E-state index in [0.29, 0.717) is 18.0 Å². The molecule has 122 valence electrons. The van der Waals surface area contributed by atoms with Crippen LogP contribution < -0.4 is 10.0 Å². The number of nitrogens with one attached hydrogen (secondary N) is 2. The van der Waals surface area contributed by atoms with Gasteiger partial charge in [-0.3, -0.25) is 0 Å². The topological polar surface area (TPSA) is 63.1 Å². The molecule has 0 saturated carbocycles. The van der Waals surface area contributed by atoms with E-state index in [9.17, 15) is 8.42 Å². The summed E-state index contributed by atoms with van der Waals surface area (Å²) in [5.41, 5.74) is 1.04. The first-order chi connectivity index (χ1) is 9.58. The second-order valence-electron chi connectivity index (χ2n) is 6.68. The van der Waals surface area contributed by atoms with E-state index in [0.717, 1.165) is 12.2 Å². The standard InChI is InChI=1S/C15H29N3O2S/c1-7-16-10-13-8-14(11-18(13)6)21(19,20)17-9-12(2)15(3,4)5/h8,11-12,16-17H,7,9-10H2,1-6H3. The van der Waals surface area contributed by atoms with Gasteiger partial charge < -0.3 is 9.88 Å². The van der Waals surface area contributed by atoms with Crippen LogP contribution in [0.5, 0.6) is 0 Å². The van der Waals surface area contributed by atoms with Crippen LogP contribution in [0.15, 0.2) is 17.2 Å². The molecular weight excluding hydrogens is 286 g/mol. The average molecular weight is 315 g/mol. The molecule has 0 aliphatic heterocycles. The van der Waals surface area contributed by atoms with Crippen LogP contribution in [0.3, 0.4) is 0 Å². The lowest BCUT2D eigenvalue weighted by Gasteiger charge is -2.27. The summed E-state index contributed by atoms with van der Waals surface area (Å²) in [7, 11) is -1.58. The van der Waals surface area contributed by atoms with Gasteiger partial charge in [-0.1, -0.05) is 34.6 Å². The van der Waals surface area contributed by atoms with Crippen molar-refractivity contribution in [2.45, 2.75) is 46.1 Å². The summed E-state index contributed by atoms with van der Waals surface area (Å²) >= 11 is 0. The van der Waals surface area contributed by atoms with Gasteiger partial charge in [-0.05, 0) is 23.9 Å². The maximum Gasteiger partial charge on any atom is 0.242 e. The maximum absolute atomic E-state index is 12.4. The van der Waals surface area contributed by atoms with E-state index in [1.807, 2.05) is 18.5 Å². The van der Waals surface area contributed by atoms with Crippen molar-refractivity contribution in [3.05, 3.63) is 18.0 Å². The Morgan fingerprint density at radius 3 is 2.48 bits per heavy atom. The Bertz CT molecular complexity index is 556. The molecule has 0 aliphatic rings. The van der Waals surface area contributed by atoms with Gasteiger partial charge in [0.15, 0.2) is 0 Å². The number of hydrogen-bond acceptors (Lipinski definition) is 3. The Morgan fingerprint density at radius 2 is 1.95 bits per heavy atom. The highest BCUT2D eigenvalue weighted by molar-refractivity contribution is 7.89. The molecule has 0 saturated heterocycles. The van der Waals surface area contributed by atoms with Crippen molar-refractivity contribution in [1.29, 1.82) is 0 Å². The highest BCUT2D eigenvalue weighted by Crippen LogP contribution is 2.25. The zero-order valence-corrected chi connectivity index (χ0v) is 14.8. The molecule has 21 heavy (non-hydrogen) atoms. The van der Waals surface area contributed by atoms with E-state index in [1.54, 1.807) is 12.3 Å². The van der Waals surface area contributed by atoms with Crippen LogP contribution in [0.4, 0.5) is 0 Å². The molecule has 2 N–H and O–H groups in total. The van der Waals surface area contributed by atoms with E-state index in [2.05, 4.69) is 37.7 Å². The second-order valence-corrected chi connectivity index (χ2v) is 8.44. The van der Waals surface area contributed by atoms with Crippen LogP contribution in [0.2, 0.25) is 0 Å². The smallest absolute Gasteiger partial charge is 0.242 e. The number of aromatic nitrogens is 1. The van der Waals surface area contributed by atoms with Crippen LogP contribution in [0.25, 0.3) is 0 Å².